The second-order valence-electron chi connectivity index (χ2n) is 6.72. The molecule has 3 aromatic rings. The quantitative estimate of drug-likeness (QED) is 0.569. The maximum atomic E-state index is 5.88. The largest absolute Gasteiger partial charge is 0.458 e. The summed E-state index contributed by atoms with van der Waals surface area (Å²) in [6, 6.07) is 23.0. The highest BCUT2D eigenvalue weighted by Gasteiger charge is 2.12. The van der Waals surface area contributed by atoms with Gasteiger partial charge in [0.25, 0.3) is 0 Å². The molecule has 1 aliphatic rings. The molecule has 1 unspecified atom stereocenters. The smallest absolute Gasteiger partial charge is 0.127 e. The summed E-state index contributed by atoms with van der Waals surface area (Å²) in [6.07, 6.45) is 7.19. The highest BCUT2D eigenvalue weighted by Crippen LogP contribution is 2.30. The average Bonchev–Trinajstić information content (AvgIpc) is 2.73. The third-order valence-electron chi connectivity index (χ3n) is 4.61. The highest BCUT2D eigenvalue weighted by atomic mass is 16.5. The Labute approximate surface area is 164 Å². The van der Waals surface area contributed by atoms with Crippen molar-refractivity contribution in [1.82, 2.24) is 0 Å². The van der Waals surface area contributed by atoms with Gasteiger partial charge in [-0.25, -0.2) is 0 Å². The molecule has 4 N–H and O–H groups in total. The maximum absolute atomic E-state index is 5.88. The number of hydrogen-bond donors (Lipinski definition) is 2. The molecule has 4 rings (SSSR count). The Hall–Kier alpha value is -3.66. The molecule has 0 amide bonds. The average molecular weight is 370 g/mol. The summed E-state index contributed by atoms with van der Waals surface area (Å²) in [7, 11) is 0. The van der Waals surface area contributed by atoms with Gasteiger partial charge >= 0.3 is 0 Å². The van der Waals surface area contributed by atoms with Gasteiger partial charge < -0.3 is 20.9 Å². The van der Waals surface area contributed by atoms with Crippen LogP contribution in [0.15, 0.2) is 96.8 Å². The molecule has 0 aromatic heterocycles. The summed E-state index contributed by atoms with van der Waals surface area (Å²) in [5, 5.41) is 0. The lowest BCUT2D eigenvalue weighted by Gasteiger charge is -2.17. The van der Waals surface area contributed by atoms with Crippen molar-refractivity contribution in [3.05, 3.63) is 102 Å². The first-order valence-corrected chi connectivity index (χ1v) is 9.21. The van der Waals surface area contributed by atoms with Crippen LogP contribution < -0.4 is 20.9 Å². The van der Waals surface area contributed by atoms with Gasteiger partial charge in [0.2, 0.25) is 0 Å². The predicted octanol–water partition coefficient (Wildman–Crippen LogP) is 5.65. The van der Waals surface area contributed by atoms with E-state index in [0.29, 0.717) is 5.92 Å². The van der Waals surface area contributed by atoms with E-state index in [2.05, 4.69) is 24.3 Å². The minimum absolute atomic E-state index is 0.323. The number of rotatable bonds is 5. The van der Waals surface area contributed by atoms with Gasteiger partial charge in [0.1, 0.15) is 23.0 Å². The van der Waals surface area contributed by atoms with Gasteiger partial charge in [-0.3, -0.25) is 0 Å². The zero-order chi connectivity index (χ0) is 19.3. The van der Waals surface area contributed by atoms with Crippen LogP contribution in [0, 0.1) is 0 Å². The molecule has 4 heteroatoms. The van der Waals surface area contributed by atoms with Crippen molar-refractivity contribution in [3.63, 3.8) is 0 Å². The summed E-state index contributed by atoms with van der Waals surface area (Å²) in [6.45, 7) is 0. The Morgan fingerprint density at radius 2 is 1.14 bits per heavy atom. The molecule has 0 saturated heterocycles. The minimum atomic E-state index is 0.323. The minimum Gasteiger partial charge on any atom is -0.458 e. The molecule has 140 valence electrons. The summed E-state index contributed by atoms with van der Waals surface area (Å²) >= 11 is 0. The van der Waals surface area contributed by atoms with Gasteiger partial charge in [-0.1, -0.05) is 18.2 Å². The Kier molecular flexibility index (Phi) is 5.02. The summed E-state index contributed by atoms with van der Waals surface area (Å²) < 4.78 is 11.7. The molecule has 0 saturated carbocycles. The van der Waals surface area contributed by atoms with E-state index in [1.54, 1.807) is 0 Å². The predicted molar refractivity (Wildman–Crippen MR) is 113 cm³/mol. The van der Waals surface area contributed by atoms with E-state index < -0.39 is 0 Å². The molecule has 3 aromatic carbocycles. The molecular formula is C24H22N2O2. The number of allylic oxidation sites excluding steroid dienone is 3. The van der Waals surface area contributed by atoms with Crippen molar-refractivity contribution in [2.24, 2.45) is 0 Å². The second-order valence-corrected chi connectivity index (χ2v) is 6.72. The molecule has 0 heterocycles. The number of nitrogen functional groups attached to an aromatic ring is 2. The van der Waals surface area contributed by atoms with Crippen LogP contribution in [0.2, 0.25) is 0 Å². The SMILES string of the molecule is Nc1ccc(OC2=CCC(c3ccc(Oc4ccc(N)cc4)cc3)C=C2)cc1. The molecule has 1 aliphatic carbocycles. The molecule has 0 aliphatic heterocycles. The first kappa shape index (κ1) is 17.7. The summed E-state index contributed by atoms with van der Waals surface area (Å²) in [5.41, 5.74) is 14.1. The molecular weight excluding hydrogens is 348 g/mol. The standard InChI is InChI=1S/C24H22N2O2/c25-19-5-13-23(14-6-19)27-21-9-1-17(2-10-21)18-3-11-22(12-4-18)28-24-15-7-20(26)8-16-24/h1-3,5-16,18H,4,25-26H2. The molecule has 28 heavy (non-hydrogen) atoms. The zero-order valence-corrected chi connectivity index (χ0v) is 15.4. The van der Waals surface area contributed by atoms with Crippen LogP contribution in [0.3, 0.4) is 0 Å². The van der Waals surface area contributed by atoms with Crippen molar-refractivity contribution >= 4 is 11.4 Å². The van der Waals surface area contributed by atoms with Crippen molar-refractivity contribution in [3.8, 4) is 17.2 Å². The monoisotopic (exact) mass is 370 g/mol. The third kappa shape index (κ3) is 4.35. The Morgan fingerprint density at radius 3 is 1.64 bits per heavy atom. The molecule has 0 fully saturated rings. The number of hydrogen-bond acceptors (Lipinski definition) is 4. The summed E-state index contributed by atoms with van der Waals surface area (Å²) in [4.78, 5) is 0. The number of nitrogens with two attached hydrogens (primary N) is 2. The zero-order valence-electron chi connectivity index (χ0n) is 15.4. The second kappa shape index (κ2) is 7.92. The Morgan fingerprint density at radius 1 is 0.643 bits per heavy atom. The van der Waals surface area contributed by atoms with Crippen LogP contribution in [-0.4, -0.2) is 0 Å². The van der Waals surface area contributed by atoms with E-state index in [9.17, 15) is 0 Å². The van der Waals surface area contributed by atoms with Crippen LogP contribution in [0.25, 0.3) is 0 Å². The first-order chi connectivity index (χ1) is 13.7. The fourth-order valence-electron chi connectivity index (χ4n) is 3.05. The lowest BCUT2D eigenvalue weighted by molar-refractivity contribution is 0.437. The lowest BCUT2D eigenvalue weighted by atomic mass is 9.92. The third-order valence-corrected chi connectivity index (χ3v) is 4.61. The van der Waals surface area contributed by atoms with Crippen molar-refractivity contribution < 1.29 is 9.47 Å². The van der Waals surface area contributed by atoms with Gasteiger partial charge in [0.05, 0.1) is 0 Å². The van der Waals surface area contributed by atoms with E-state index in [1.165, 1.54) is 5.56 Å². The van der Waals surface area contributed by atoms with Crippen LogP contribution in [-0.2, 0) is 0 Å². The topological polar surface area (TPSA) is 70.5 Å². The van der Waals surface area contributed by atoms with E-state index in [4.69, 9.17) is 20.9 Å². The van der Waals surface area contributed by atoms with Gasteiger partial charge in [-0.05, 0) is 84.8 Å². The molecule has 4 nitrogen and oxygen atoms in total. The normalized spacial score (nSPS) is 15.7. The number of ether oxygens (including phenoxy) is 2. The molecule has 0 bridgehead atoms. The van der Waals surface area contributed by atoms with E-state index >= 15 is 0 Å². The number of anilines is 2. The van der Waals surface area contributed by atoms with E-state index in [0.717, 1.165) is 40.8 Å². The van der Waals surface area contributed by atoms with Crippen LogP contribution in [0.4, 0.5) is 11.4 Å². The van der Waals surface area contributed by atoms with Gasteiger partial charge in [0.15, 0.2) is 0 Å². The van der Waals surface area contributed by atoms with Gasteiger partial charge in [-0.15, -0.1) is 0 Å². The van der Waals surface area contributed by atoms with Crippen molar-refractivity contribution in [2.75, 3.05) is 11.5 Å². The molecule has 0 radical (unpaired) electrons. The van der Waals surface area contributed by atoms with E-state index in [1.807, 2.05) is 66.7 Å². The maximum Gasteiger partial charge on any atom is 0.127 e. The van der Waals surface area contributed by atoms with Crippen molar-refractivity contribution in [2.45, 2.75) is 12.3 Å². The van der Waals surface area contributed by atoms with Crippen molar-refractivity contribution in [1.29, 1.82) is 0 Å². The molecule has 0 spiro atoms. The van der Waals surface area contributed by atoms with Gasteiger partial charge in [-0.2, -0.15) is 0 Å². The summed E-state index contributed by atoms with van der Waals surface area (Å²) in [5.74, 6) is 3.53. The Bertz CT molecular complexity index is 988. The molecule has 1 atom stereocenters. The number of benzene rings is 3. The highest BCUT2D eigenvalue weighted by molar-refractivity contribution is 5.44. The van der Waals surface area contributed by atoms with Crippen LogP contribution >= 0.6 is 0 Å². The lowest BCUT2D eigenvalue weighted by Crippen LogP contribution is -2.02. The van der Waals surface area contributed by atoms with Crippen LogP contribution in [0.1, 0.15) is 17.9 Å². The fraction of sp³-hybridized carbons (Fsp3) is 0.0833. The van der Waals surface area contributed by atoms with Gasteiger partial charge in [0, 0.05) is 17.3 Å². The first-order valence-electron chi connectivity index (χ1n) is 9.21. The fourth-order valence-corrected chi connectivity index (χ4v) is 3.05. The van der Waals surface area contributed by atoms with E-state index in [-0.39, 0.29) is 0 Å². The Balaban J connectivity index is 1.36. The van der Waals surface area contributed by atoms with Crippen LogP contribution in [0.5, 0.6) is 17.2 Å².